The molecule has 1 aliphatic heterocycles. The van der Waals surface area contributed by atoms with E-state index in [2.05, 4.69) is 30.8 Å². The third-order valence-electron chi connectivity index (χ3n) is 6.20. The van der Waals surface area contributed by atoms with Gasteiger partial charge in [0.2, 0.25) is 5.71 Å². The number of carbonyl (C=O) groups is 1. The van der Waals surface area contributed by atoms with Gasteiger partial charge in [-0.15, -0.1) is 0 Å². The summed E-state index contributed by atoms with van der Waals surface area (Å²) in [6, 6.07) is 17.3. The lowest BCUT2D eigenvalue weighted by atomic mass is 10.1. The highest BCUT2D eigenvalue weighted by atomic mass is 35.5. The van der Waals surface area contributed by atoms with Gasteiger partial charge in [0.25, 0.3) is 0 Å². The standard InChI is InChI=1S/C27H29ClN6O3/c28-23-22-25(31-18-32-26(22)37-24(23)20-4-2-1-3-5-20)29-11-10-19-6-8-21(9-7-19)33-27(35)30-12-13-34-14-16-36-17-15-34/h1-9,18H,10-17H2,(H,29,31,32)(H2,30,33,35). The first-order chi connectivity index (χ1) is 18.2. The maximum atomic E-state index is 12.2. The highest BCUT2D eigenvalue weighted by molar-refractivity contribution is 6.38. The molecular weight excluding hydrogens is 492 g/mol. The van der Waals surface area contributed by atoms with Crippen molar-refractivity contribution in [3.05, 3.63) is 71.5 Å². The molecule has 0 spiro atoms. The Balaban J connectivity index is 1.12. The molecule has 9 nitrogen and oxygen atoms in total. The van der Waals surface area contributed by atoms with Crippen LogP contribution in [0.3, 0.4) is 0 Å². The van der Waals surface area contributed by atoms with Gasteiger partial charge in [0.05, 0.1) is 13.2 Å². The van der Waals surface area contributed by atoms with Crippen LogP contribution in [-0.2, 0) is 11.2 Å². The number of urea groups is 1. The van der Waals surface area contributed by atoms with Crippen LogP contribution in [0.2, 0.25) is 5.02 Å². The Bertz CT molecular complexity index is 1320. The van der Waals surface area contributed by atoms with E-state index in [9.17, 15) is 4.79 Å². The molecule has 3 N–H and O–H groups in total. The second kappa shape index (κ2) is 12.1. The van der Waals surface area contributed by atoms with Crippen molar-refractivity contribution in [1.82, 2.24) is 20.2 Å². The number of rotatable bonds is 9. The van der Waals surface area contributed by atoms with Crippen LogP contribution in [0.5, 0.6) is 0 Å². The molecule has 37 heavy (non-hydrogen) atoms. The number of amides is 2. The molecule has 2 amide bonds. The van der Waals surface area contributed by atoms with Crippen LogP contribution in [0, 0.1) is 0 Å². The van der Waals surface area contributed by atoms with Crippen molar-refractivity contribution < 1.29 is 13.9 Å². The molecule has 3 heterocycles. The van der Waals surface area contributed by atoms with Gasteiger partial charge in [0.1, 0.15) is 22.6 Å². The molecule has 192 valence electrons. The van der Waals surface area contributed by atoms with Crippen LogP contribution in [0.1, 0.15) is 5.56 Å². The third kappa shape index (κ3) is 6.37. The largest absolute Gasteiger partial charge is 0.436 e. The zero-order valence-corrected chi connectivity index (χ0v) is 21.1. The van der Waals surface area contributed by atoms with E-state index in [0.717, 1.165) is 56.1 Å². The fourth-order valence-electron chi connectivity index (χ4n) is 4.22. The molecule has 1 aliphatic rings. The number of hydrogen-bond donors (Lipinski definition) is 3. The number of nitrogens with zero attached hydrogens (tertiary/aromatic N) is 3. The molecule has 0 radical (unpaired) electrons. The van der Waals surface area contributed by atoms with Gasteiger partial charge in [-0.2, -0.15) is 0 Å². The number of carbonyl (C=O) groups excluding carboxylic acids is 1. The SMILES string of the molecule is O=C(NCCN1CCOCC1)Nc1ccc(CCNc2ncnc3oc(-c4ccccc4)c(Cl)c23)cc1. The highest BCUT2D eigenvalue weighted by Gasteiger charge is 2.19. The first-order valence-corrected chi connectivity index (χ1v) is 12.7. The number of fused-ring (bicyclic) bond motifs is 1. The number of nitrogens with one attached hydrogen (secondary N) is 3. The molecule has 0 unspecified atom stereocenters. The van der Waals surface area contributed by atoms with Crippen LogP contribution >= 0.6 is 11.6 Å². The van der Waals surface area contributed by atoms with Crippen molar-refractivity contribution in [2.75, 3.05) is 56.6 Å². The van der Waals surface area contributed by atoms with Crippen molar-refractivity contribution in [3.8, 4) is 11.3 Å². The van der Waals surface area contributed by atoms with E-state index in [1.807, 2.05) is 54.6 Å². The fourth-order valence-corrected chi connectivity index (χ4v) is 4.53. The minimum absolute atomic E-state index is 0.206. The molecule has 0 bridgehead atoms. The summed E-state index contributed by atoms with van der Waals surface area (Å²) >= 11 is 6.66. The van der Waals surface area contributed by atoms with Gasteiger partial charge in [0.15, 0.2) is 5.76 Å². The summed E-state index contributed by atoms with van der Waals surface area (Å²) in [6.07, 6.45) is 2.23. The Morgan fingerprint density at radius 3 is 2.57 bits per heavy atom. The van der Waals surface area contributed by atoms with E-state index in [4.69, 9.17) is 20.8 Å². The molecular formula is C27H29ClN6O3. The van der Waals surface area contributed by atoms with Gasteiger partial charge < -0.3 is 25.1 Å². The maximum Gasteiger partial charge on any atom is 0.319 e. The van der Waals surface area contributed by atoms with Gasteiger partial charge in [-0.3, -0.25) is 4.90 Å². The zero-order chi connectivity index (χ0) is 25.5. The normalized spacial score (nSPS) is 14.0. The second-order valence-corrected chi connectivity index (χ2v) is 9.10. The van der Waals surface area contributed by atoms with Crippen molar-refractivity contribution in [3.63, 3.8) is 0 Å². The topological polar surface area (TPSA) is 105 Å². The predicted octanol–water partition coefficient (Wildman–Crippen LogP) is 4.65. The van der Waals surface area contributed by atoms with Crippen LogP contribution < -0.4 is 16.0 Å². The number of ether oxygens (including phenoxy) is 1. The lowest BCUT2D eigenvalue weighted by molar-refractivity contribution is 0.0388. The smallest absolute Gasteiger partial charge is 0.319 e. The Morgan fingerprint density at radius 2 is 1.78 bits per heavy atom. The molecule has 0 atom stereocenters. The van der Waals surface area contributed by atoms with E-state index in [0.29, 0.717) is 40.8 Å². The van der Waals surface area contributed by atoms with Gasteiger partial charge in [-0.05, 0) is 24.1 Å². The van der Waals surface area contributed by atoms with Crippen LogP contribution in [-0.4, -0.2) is 66.8 Å². The predicted molar refractivity (Wildman–Crippen MR) is 145 cm³/mol. The fraction of sp³-hybridized carbons (Fsp3) is 0.296. The number of furan rings is 1. The Kier molecular flexibility index (Phi) is 8.15. The van der Waals surface area contributed by atoms with E-state index < -0.39 is 0 Å². The summed E-state index contributed by atoms with van der Waals surface area (Å²) in [6.45, 7) is 5.38. The number of benzene rings is 2. The maximum absolute atomic E-state index is 12.2. The van der Waals surface area contributed by atoms with Gasteiger partial charge in [-0.1, -0.05) is 54.1 Å². The number of morpholine rings is 1. The van der Waals surface area contributed by atoms with Crippen LogP contribution in [0.4, 0.5) is 16.3 Å². The minimum Gasteiger partial charge on any atom is -0.436 e. The average Bonchev–Trinajstić information content (AvgIpc) is 3.28. The van der Waals surface area contributed by atoms with Gasteiger partial charge in [-0.25, -0.2) is 14.8 Å². The van der Waals surface area contributed by atoms with Crippen molar-refractivity contribution >= 4 is 40.2 Å². The minimum atomic E-state index is -0.206. The van der Waals surface area contributed by atoms with Crippen molar-refractivity contribution in [1.29, 1.82) is 0 Å². The molecule has 1 saturated heterocycles. The lowest BCUT2D eigenvalue weighted by Gasteiger charge is -2.26. The van der Waals surface area contributed by atoms with E-state index >= 15 is 0 Å². The Morgan fingerprint density at radius 1 is 1.00 bits per heavy atom. The summed E-state index contributed by atoms with van der Waals surface area (Å²) in [4.78, 5) is 23.1. The quantitative estimate of drug-likeness (QED) is 0.295. The van der Waals surface area contributed by atoms with Gasteiger partial charge >= 0.3 is 6.03 Å². The second-order valence-electron chi connectivity index (χ2n) is 8.72. The van der Waals surface area contributed by atoms with Crippen molar-refractivity contribution in [2.24, 2.45) is 0 Å². The van der Waals surface area contributed by atoms with E-state index in [1.54, 1.807) is 0 Å². The first-order valence-electron chi connectivity index (χ1n) is 12.3. The Hall–Kier alpha value is -3.66. The lowest BCUT2D eigenvalue weighted by Crippen LogP contribution is -2.42. The molecule has 2 aromatic carbocycles. The number of aromatic nitrogens is 2. The van der Waals surface area contributed by atoms with Crippen molar-refractivity contribution in [2.45, 2.75) is 6.42 Å². The first kappa shape index (κ1) is 25.0. The molecule has 0 aliphatic carbocycles. The molecule has 0 saturated carbocycles. The summed E-state index contributed by atoms with van der Waals surface area (Å²) in [5, 5.41) is 10.3. The highest BCUT2D eigenvalue weighted by Crippen LogP contribution is 2.39. The number of halogens is 1. The van der Waals surface area contributed by atoms with Crippen LogP contribution in [0.25, 0.3) is 22.4 Å². The summed E-state index contributed by atoms with van der Waals surface area (Å²) in [7, 11) is 0. The Labute approximate surface area is 220 Å². The summed E-state index contributed by atoms with van der Waals surface area (Å²) < 4.78 is 11.3. The summed E-state index contributed by atoms with van der Waals surface area (Å²) in [5.41, 5.74) is 3.20. The van der Waals surface area contributed by atoms with E-state index in [-0.39, 0.29) is 6.03 Å². The molecule has 5 rings (SSSR count). The third-order valence-corrected chi connectivity index (χ3v) is 6.56. The van der Waals surface area contributed by atoms with E-state index in [1.165, 1.54) is 6.33 Å². The molecule has 2 aromatic heterocycles. The molecule has 10 heteroatoms. The van der Waals surface area contributed by atoms with Crippen LogP contribution in [0.15, 0.2) is 65.3 Å². The molecule has 1 fully saturated rings. The number of anilines is 2. The monoisotopic (exact) mass is 520 g/mol. The zero-order valence-electron chi connectivity index (χ0n) is 20.4. The molecule has 4 aromatic rings. The summed E-state index contributed by atoms with van der Waals surface area (Å²) in [5.74, 6) is 1.21. The van der Waals surface area contributed by atoms with Gasteiger partial charge in [0, 0.05) is 44.0 Å². The average molecular weight is 521 g/mol. The number of hydrogen-bond acceptors (Lipinski definition) is 7.